The molecule has 1 saturated heterocycles. The number of anilines is 1. The van der Waals surface area contributed by atoms with Gasteiger partial charge in [-0.2, -0.15) is 0 Å². The van der Waals surface area contributed by atoms with Crippen molar-refractivity contribution in [3.05, 3.63) is 42.0 Å². The molecule has 1 aromatic heterocycles. The quantitative estimate of drug-likeness (QED) is 0.462. The molecule has 1 fully saturated rings. The van der Waals surface area contributed by atoms with Gasteiger partial charge in [-0.1, -0.05) is 18.2 Å². The molecule has 0 saturated carbocycles. The molecule has 1 aliphatic rings. The van der Waals surface area contributed by atoms with Crippen molar-refractivity contribution in [2.75, 3.05) is 18.0 Å². The van der Waals surface area contributed by atoms with Crippen LogP contribution in [0, 0.1) is 11.2 Å². The van der Waals surface area contributed by atoms with Gasteiger partial charge in [0.05, 0.1) is 13.1 Å². The van der Waals surface area contributed by atoms with E-state index in [1.54, 1.807) is 17.0 Å². The summed E-state index contributed by atoms with van der Waals surface area (Å²) >= 11 is 0. The molecule has 0 atom stereocenters. The Kier molecular flexibility index (Phi) is 5.06. The first-order chi connectivity index (χ1) is 12.4. The number of nitrogens with two attached hydrogens (primary N) is 1. The molecule has 3 N–H and O–H groups in total. The molecule has 0 bridgehead atoms. The Morgan fingerprint density at radius 3 is 2.65 bits per heavy atom. The maximum absolute atomic E-state index is 14.7. The van der Waals surface area contributed by atoms with Crippen LogP contribution in [0.3, 0.4) is 0 Å². The Morgan fingerprint density at radius 1 is 1.35 bits per heavy atom. The van der Waals surface area contributed by atoms with Crippen molar-refractivity contribution >= 4 is 17.8 Å². The standard InChI is InChI=1S/C17H17F2N5O2/c18-12-7-24(8-12)17-22-5-11(6-23-17)13-3-1-2-10(16(13)19)9-26-15(25)4-14(20)21/h1-3,5-6,12H,4,7-9H2,(H3,20,21). The number of ether oxygens (including phenoxy) is 1. The number of halogens is 2. The van der Waals surface area contributed by atoms with Crippen LogP contribution in [0.1, 0.15) is 12.0 Å². The minimum absolute atomic E-state index is 0.187. The maximum Gasteiger partial charge on any atom is 0.313 e. The Labute approximate surface area is 148 Å². The summed E-state index contributed by atoms with van der Waals surface area (Å²) < 4.78 is 32.5. The average molecular weight is 361 g/mol. The monoisotopic (exact) mass is 361 g/mol. The first kappa shape index (κ1) is 17.7. The zero-order chi connectivity index (χ0) is 18.7. The van der Waals surface area contributed by atoms with E-state index in [4.69, 9.17) is 15.9 Å². The van der Waals surface area contributed by atoms with Crippen molar-refractivity contribution in [3.63, 3.8) is 0 Å². The molecular weight excluding hydrogens is 344 g/mol. The van der Waals surface area contributed by atoms with E-state index in [0.29, 0.717) is 11.5 Å². The summed E-state index contributed by atoms with van der Waals surface area (Å²) in [4.78, 5) is 21.4. The topological polar surface area (TPSA) is 105 Å². The summed E-state index contributed by atoms with van der Waals surface area (Å²) in [5, 5.41) is 7.04. The molecule has 2 heterocycles. The van der Waals surface area contributed by atoms with Gasteiger partial charge in [-0.25, -0.2) is 18.7 Å². The van der Waals surface area contributed by atoms with Crippen molar-refractivity contribution in [2.24, 2.45) is 5.73 Å². The van der Waals surface area contributed by atoms with Crippen LogP contribution in [0.2, 0.25) is 0 Å². The lowest BCUT2D eigenvalue weighted by Crippen LogP contribution is -2.49. The van der Waals surface area contributed by atoms with Crippen LogP contribution in [0.4, 0.5) is 14.7 Å². The molecule has 7 nitrogen and oxygen atoms in total. The van der Waals surface area contributed by atoms with Crippen LogP contribution in [0.25, 0.3) is 11.1 Å². The first-order valence-electron chi connectivity index (χ1n) is 7.91. The highest BCUT2D eigenvalue weighted by Gasteiger charge is 2.28. The van der Waals surface area contributed by atoms with Crippen molar-refractivity contribution in [1.29, 1.82) is 5.41 Å². The van der Waals surface area contributed by atoms with Crippen LogP contribution < -0.4 is 10.6 Å². The van der Waals surface area contributed by atoms with E-state index in [1.807, 2.05) is 0 Å². The lowest BCUT2D eigenvalue weighted by Gasteiger charge is -2.34. The SMILES string of the molecule is N=C(N)CC(=O)OCc1cccc(-c2cnc(N3CC(F)C3)nc2)c1F. The molecule has 0 unspecified atom stereocenters. The van der Waals surface area contributed by atoms with Gasteiger partial charge in [0.25, 0.3) is 0 Å². The molecular formula is C17H17F2N5O2. The normalized spacial score (nSPS) is 14.0. The summed E-state index contributed by atoms with van der Waals surface area (Å²) in [5.41, 5.74) is 6.03. The fourth-order valence-electron chi connectivity index (χ4n) is 2.49. The van der Waals surface area contributed by atoms with Gasteiger partial charge in [-0.05, 0) is 0 Å². The predicted octanol–water partition coefficient (Wildman–Crippen LogP) is 1.81. The number of hydrogen-bond acceptors (Lipinski definition) is 6. The number of carbonyl (C=O) groups excluding carboxylic acids is 1. The minimum atomic E-state index is -0.863. The lowest BCUT2D eigenvalue weighted by atomic mass is 10.1. The van der Waals surface area contributed by atoms with Crippen LogP contribution in [0.5, 0.6) is 0 Å². The summed E-state index contributed by atoms with van der Waals surface area (Å²) in [5.74, 6) is -1.16. The van der Waals surface area contributed by atoms with Gasteiger partial charge in [-0.15, -0.1) is 0 Å². The maximum atomic E-state index is 14.7. The average Bonchev–Trinajstić information content (AvgIpc) is 2.58. The molecule has 26 heavy (non-hydrogen) atoms. The van der Waals surface area contributed by atoms with Gasteiger partial charge < -0.3 is 15.4 Å². The zero-order valence-electron chi connectivity index (χ0n) is 13.8. The van der Waals surface area contributed by atoms with Gasteiger partial charge in [0.2, 0.25) is 5.95 Å². The molecule has 1 aliphatic heterocycles. The van der Waals surface area contributed by atoms with Crippen molar-refractivity contribution in [2.45, 2.75) is 19.2 Å². The Morgan fingerprint density at radius 2 is 2.04 bits per heavy atom. The lowest BCUT2D eigenvalue weighted by molar-refractivity contribution is -0.143. The summed E-state index contributed by atoms with van der Waals surface area (Å²) in [6, 6.07) is 4.69. The molecule has 0 aliphatic carbocycles. The number of benzene rings is 1. The third-order valence-corrected chi connectivity index (χ3v) is 3.87. The molecule has 2 aromatic rings. The van der Waals surface area contributed by atoms with Crippen LogP contribution in [0.15, 0.2) is 30.6 Å². The molecule has 9 heteroatoms. The van der Waals surface area contributed by atoms with Gasteiger partial charge in [-0.3, -0.25) is 10.2 Å². The third-order valence-electron chi connectivity index (χ3n) is 3.87. The number of hydrogen-bond donors (Lipinski definition) is 2. The fraction of sp³-hybridized carbons (Fsp3) is 0.294. The highest BCUT2D eigenvalue weighted by Crippen LogP contribution is 2.26. The van der Waals surface area contributed by atoms with Gasteiger partial charge in [0.1, 0.15) is 30.9 Å². The number of esters is 1. The highest BCUT2D eigenvalue weighted by atomic mass is 19.1. The number of carbonyl (C=O) groups is 1. The minimum Gasteiger partial charge on any atom is -0.460 e. The number of nitrogens with zero attached hydrogens (tertiary/aromatic N) is 3. The van der Waals surface area contributed by atoms with Crippen LogP contribution >= 0.6 is 0 Å². The van der Waals surface area contributed by atoms with E-state index in [0.717, 1.165) is 0 Å². The summed E-state index contributed by atoms with van der Waals surface area (Å²) in [6.45, 7) is 0.250. The van der Waals surface area contributed by atoms with E-state index in [9.17, 15) is 13.6 Å². The van der Waals surface area contributed by atoms with Gasteiger partial charge in [0, 0.05) is 29.1 Å². The number of alkyl halides is 1. The largest absolute Gasteiger partial charge is 0.460 e. The second-order valence-electron chi connectivity index (χ2n) is 5.92. The van der Waals surface area contributed by atoms with Crippen molar-refractivity contribution in [3.8, 4) is 11.1 Å². The molecule has 0 radical (unpaired) electrons. The Bertz CT molecular complexity index is 822. The number of rotatable bonds is 6. The second kappa shape index (κ2) is 7.42. The van der Waals surface area contributed by atoms with Crippen LogP contribution in [-0.4, -0.2) is 41.0 Å². The highest BCUT2D eigenvalue weighted by molar-refractivity contribution is 5.94. The summed E-state index contributed by atoms with van der Waals surface area (Å²) in [7, 11) is 0. The zero-order valence-corrected chi connectivity index (χ0v) is 13.8. The van der Waals surface area contributed by atoms with Crippen molar-refractivity contribution < 1.29 is 18.3 Å². The van der Waals surface area contributed by atoms with Crippen molar-refractivity contribution in [1.82, 2.24) is 9.97 Å². The third kappa shape index (κ3) is 3.93. The van der Waals surface area contributed by atoms with E-state index >= 15 is 0 Å². The van der Waals surface area contributed by atoms with E-state index in [-0.39, 0.29) is 43.1 Å². The first-order valence-corrected chi connectivity index (χ1v) is 7.91. The number of nitrogens with one attached hydrogen (secondary N) is 1. The molecule has 0 amide bonds. The van der Waals surface area contributed by atoms with E-state index < -0.39 is 18.0 Å². The van der Waals surface area contributed by atoms with Crippen LogP contribution in [-0.2, 0) is 16.1 Å². The fourth-order valence-corrected chi connectivity index (χ4v) is 2.49. The van der Waals surface area contributed by atoms with Gasteiger partial charge >= 0.3 is 5.97 Å². The predicted molar refractivity (Wildman–Crippen MR) is 90.9 cm³/mol. The van der Waals surface area contributed by atoms with Gasteiger partial charge in [0.15, 0.2) is 0 Å². The molecule has 3 rings (SSSR count). The molecule has 1 aromatic carbocycles. The smallest absolute Gasteiger partial charge is 0.313 e. The number of aromatic nitrogens is 2. The Hall–Kier alpha value is -3.10. The summed E-state index contributed by atoms with van der Waals surface area (Å²) in [6.07, 6.45) is 1.74. The molecule has 136 valence electrons. The molecule has 0 spiro atoms. The number of amidine groups is 1. The van der Waals surface area contributed by atoms with E-state index in [1.165, 1.54) is 18.5 Å². The second-order valence-corrected chi connectivity index (χ2v) is 5.92. The van der Waals surface area contributed by atoms with E-state index in [2.05, 4.69) is 9.97 Å². The Balaban J connectivity index is 1.72.